The van der Waals surface area contributed by atoms with Gasteiger partial charge in [0.25, 0.3) is 0 Å². The Morgan fingerprint density at radius 3 is 2.62 bits per heavy atom. The van der Waals surface area contributed by atoms with E-state index >= 15 is 0 Å². The topological polar surface area (TPSA) is 12.0 Å². The lowest BCUT2D eigenvalue weighted by atomic mass is 9.94. The predicted octanol–water partition coefficient (Wildman–Crippen LogP) is 5.12. The van der Waals surface area contributed by atoms with Gasteiger partial charge >= 0.3 is 0 Å². The molecule has 0 fully saturated rings. The molecule has 0 heterocycles. The molecule has 0 saturated carbocycles. The highest BCUT2D eigenvalue weighted by atomic mass is 79.9. The van der Waals surface area contributed by atoms with Crippen LogP contribution in [0.5, 0.6) is 0 Å². The lowest BCUT2D eigenvalue weighted by molar-refractivity contribution is 0.539. The minimum absolute atomic E-state index is 0.304. The van der Waals surface area contributed by atoms with Crippen molar-refractivity contribution < 1.29 is 8.78 Å². The Labute approximate surface area is 132 Å². The Hall–Kier alpha value is -1.26. The van der Waals surface area contributed by atoms with E-state index in [2.05, 4.69) is 21.2 Å². The molecule has 2 rings (SSSR count). The third-order valence-corrected chi connectivity index (χ3v) is 4.13. The van der Waals surface area contributed by atoms with E-state index in [4.69, 9.17) is 0 Å². The zero-order valence-corrected chi connectivity index (χ0v) is 13.7. The maximum absolute atomic E-state index is 14.3. The van der Waals surface area contributed by atoms with Crippen molar-refractivity contribution in [3.63, 3.8) is 0 Å². The Morgan fingerprint density at radius 1 is 1.19 bits per heavy atom. The Kier molecular flexibility index (Phi) is 5.48. The number of rotatable bonds is 5. The summed E-state index contributed by atoms with van der Waals surface area (Å²) in [6, 6.07) is 9.12. The lowest BCUT2D eigenvalue weighted by Crippen LogP contribution is -2.25. The molecule has 0 bridgehead atoms. The number of hydrogen-bond acceptors (Lipinski definition) is 1. The van der Waals surface area contributed by atoms with E-state index in [1.165, 1.54) is 18.2 Å². The van der Waals surface area contributed by atoms with E-state index in [-0.39, 0.29) is 17.7 Å². The molecule has 2 aromatic rings. The number of benzene rings is 2. The van der Waals surface area contributed by atoms with Gasteiger partial charge in [-0.05, 0) is 55.3 Å². The van der Waals surface area contributed by atoms with Gasteiger partial charge in [0.2, 0.25) is 0 Å². The molecule has 1 atom stereocenters. The lowest BCUT2D eigenvalue weighted by Gasteiger charge is -2.23. The predicted molar refractivity (Wildman–Crippen MR) is 85.4 cm³/mol. The minimum atomic E-state index is -0.378. The van der Waals surface area contributed by atoms with E-state index in [0.29, 0.717) is 10.0 Å². The standard InChI is InChI=1S/C17H18BrF2N/c1-3-9-21-17(13-10-12(19)8-7-11(13)2)16-14(18)5-4-6-15(16)20/h4-8,10,17,21H,3,9H2,1-2H3. The van der Waals surface area contributed by atoms with Crippen LogP contribution < -0.4 is 5.32 Å². The molecule has 0 aliphatic heterocycles. The number of halogens is 3. The Morgan fingerprint density at radius 2 is 1.95 bits per heavy atom. The molecule has 0 aliphatic rings. The number of aryl methyl sites for hydroxylation is 1. The molecule has 0 radical (unpaired) electrons. The molecule has 0 aromatic heterocycles. The average Bonchev–Trinajstić information content (AvgIpc) is 2.45. The summed E-state index contributed by atoms with van der Waals surface area (Å²) in [5.41, 5.74) is 2.20. The summed E-state index contributed by atoms with van der Waals surface area (Å²) in [7, 11) is 0. The fourth-order valence-corrected chi connectivity index (χ4v) is 2.94. The third-order valence-electron chi connectivity index (χ3n) is 3.44. The van der Waals surface area contributed by atoms with E-state index in [0.717, 1.165) is 24.1 Å². The van der Waals surface area contributed by atoms with Crippen LogP contribution in [-0.4, -0.2) is 6.54 Å². The summed E-state index contributed by atoms with van der Waals surface area (Å²) in [6.45, 7) is 4.67. The molecule has 4 heteroatoms. The summed E-state index contributed by atoms with van der Waals surface area (Å²) in [4.78, 5) is 0. The summed E-state index contributed by atoms with van der Waals surface area (Å²) in [5, 5.41) is 3.32. The Bertz CT molecular complexity index is 608. The van der Waals surface area contributed by atoms with Crippen molar-refractivity contribution in [1.82, 2.24) is 5.32 Å². The zero-order valence-electron chi connectivity index (χ0n) is 12.1. The van der Waals surface area contributed by atoms with Gasteiger partial charge in [-0.15, -0.1) is 0 Å². The molecule has 1 unspecified atom stereocenters. The molecule has 0 spiro atoms. The minimum Gasteiger partial charge on any atom is -0.306 e. The van der Waals surface area contributed by atoms with Crippen LogP contribution in [0.2, 0.25) is 0 Å². The van der Waals surface area contributed by atoms with E-state index in [1.807, 2.05) is 13.8 Å². The van der Waals surface area contributed by atoms with Crippen molar-refractivity contribution in [3.05, 3.63) is 69.2 Å². The van der Waals surface area contributed by atoms with E-state index in [9.17, 15) is 8.78 Å². The van der Waals surface area contributed by atoms with Gasteiger partial charge in [-0.2, -0.15) is 0 Å². The normalized spacial score (nSPS) is 12.4. The first-order valence-corrected chi connectivity index (χ1v) is 7.77. The highest BCUT2D eigenvalue weighted by Gasteiger charge is 2.22. The number of hydrogen-bond donors (Lipinski definition) is 1. The van der Waals surface area contributed by atoms with Crippen LogP contribution in [0.3, 0.4) is 0 Å². The monoisotopic (exact) mass is 353 g/mol. The van der Waals surface area contributed by atoms with Crippen molar-refractivity contribution in [3.8, 4) is 0 Å². The van der Waals surface area contributed by atoms with Crippen LogP contribution in [0.15, 0.2) is 40.9 Å². The first-order valence-electron chi connectivity index (χ1n) is 6.98. The molecule has 0 aliphatic carbocycles. The second kappa shape index (κ2) is 7.14. The average molecular weight is 354 g/mol. The SMILES string of the molecule is CCCNC(c1cc(F)ccc1C)c1c(F)cccc1Br. The van der Waals surface area contributed by atoms with Gasteiger partial charge in [0.15, 0.2) is 0 Å². The molecule has 112 valence electrons. The van der Waals surface area contributed by atoms with Crippen molar-refractivity contribution in [2.24, 2.45) is 0 Å². The van der Waals surface area contributed by atoms with Crippen LogP contribution in [0.25, 0.3) is 0 Å². The smallest absolute Gasteiger partial charge is 0.129 e. The van der Waals surface area contributed by atoms with Crippen molar-refractivity contribution >= 4 is 15.9 Å². The second-order valence-corrected chi connectivity index (χ2v) is 5.88. The summed E-state index contributed by atoms with van der Waals surface area (Å²) in [6.07, 6.45) is 0.914. The molecular weight excluding hydrogens is 336 g/mol. The quantitative estimate of drug-likeness (QED) is 0.785. The molecule has 1 N–H and O–H groups in total. The van der Waals surface area contributed by atoms with Gasteiger partial charge < -0.3 is 5.32 Å². The highest BCUT2D eigenvalue weighted by Crippen LogP contribution is 2.32. The first kappa shape index (κ1) is 16.1. The molecule has 0 saturated heterocycles. The fourth-order valence-electron chi connectivity index (χ4n) is 2.37. The van der Waals surface area contributed by atoms with Gasteiger partial charge in [0, 0.05) is 10.0 Å². The maximum atomic E-state index is 14.3. The number of nitrogens with one attached hydrogen (secondary N) is 1. The van der Waals surface area contributed by atoms with Crippen LogP contribution >= 0.6 is 15.9 Å². The fraction of sp³-hybridized carbons (Fsp3) is 0.294. The van der Waals surface area contributed by atoms with Crippen molar-refractivity contribution in [2.45, 2.75) is 26.3 Å². The van der Waals surface area contributed by atoms with Crippen LogP contribution in [0.4, 0.5) is 8.78 Å². The summed E-state index contributed by atoms with van der Waals surface area (Å²) < 4.78 is 28.6. The van der Waals surface area contributed by atoms with Crippen LogP contribution in [-0.2, 0) is 0 Å². The van der Waals surface area contributed by atoms with Gasteiger partial charge in [-0.3, -0.25) is 0 Å². The van der Waals surface area contributed by atoms with Gasteiger partial charge in [-0.1, -0.05) is 35.0 Å². The van der Waals surface area contributed by atoms with Gasteiger partial charge in [0.05, 0.1) is 6.04 Å². The highest BCUT2D eigenvalue weighted by molar-refractivity contribution is 9.10. The first-order chi connectivity index (χ1) is 10.0. The van der Waals surface area contributed by atoms with Crippen molar-refractivity contribution in [1.29, 1.82) is 0 Å². The summed E-state index contributed by atoms with van der Waals surface area (Å²) in [5.74, 6) is -0.618. The second-order valence-electron chi connectivity index (χ2n) is 5.02. The van der Waals surface area contributed by atoms with E-state index in [1.54, 1.807) is 18.2 Å². The van der Waals surface area contributed by atoms with E-state index < -0.39 is 0 Å². The molecule has 2 aromatic carbocycles. The largest absolute Gasteiger partial charge is 0.306 e. The third kappa shape index (κ3) is 3.69. The van der Waals surface area contributed by atoms with Gasteiger partial charge in [0.1, 0.15) is 11.6 Å². The van der Waals surface area contributed by atoms with Gasteiger partial charge in [-0.25, -0.2) is 8.78 Å². The zero-order chi connectivity index (χ0) is 15.4. The molecule has 0 amide bonds. The maximum Gasteiger partial charge on any atom is 0.129 e. The summed E-state index contributed by atoms with van der Waals surface area (Å²) >= 11 is 3.41. The molecular formula is C17H18BrF2N. The molecule has 21 heavy (non-hydrogen) atoms. The van der Waals surface area contributed by atoms with Crippen LogP contribution in [0, 0.1) is 18.6 Å². The molecule has 1 nitrogen and oxygen atoms in total. The van der Waals surface area contributed by atoms with Crippen molar-refractivity contribution in [2.75, 3.05) is 6.54 Å². The Balaban J connectivity index is 2.55. The van der Waals surface area contributed by atoms with Crippen LogP contribution in [0.1, 0.15) is 36.1 Å².